The van der Waals surface area contributed by atoms with Gasteiger partial charge in [0.2, 0.25) is 5.95 Å². The van der Waals surface area contributed by atoms with Crippen molar-refractivity contribution in [3.63, 3.8) is 0 Å². The molecule has 0 radical (unpaired) electrons. The number of nitrogens with zero attached hydrogens (tertiary/aromatic N) is 5. The molecule has 0 spiro atoms. The number of carbonyl (C=O) groups excluding carboxylic acids is 1. The van der Waals surface area contributed by atoms with Crippen molar-refractivity contribution >= 4 is 17.7 Å². The van der Waals surface area contributed by atoms with Crippen LogP contribution in [0.1, 0.15) is 27.2 Å². The summed E-state index contributed by atoms with van der Waals surface area (Å²) in [5, 5.41) is 9.90. The van der Waals surface area contributed by atoms with Gasteiger partial charge in [-0.15, -0.1) is 0 Å². The average Bonchev–Trinajstić information content (AvgIpc) is 2.61. The van der Waals surface area contributed by atoms with Gasteiger partial charge in [0.15, 0.2) is 0 Å². The summed E-state index contributed by atoms with van der Waals surface area (Å²) in [5.41, 5.74) is 3.11. The Morgan fingerprint density at radius 3 is 2.54 bits per heavy atom. The first-order chi connectivity index (χ1) is 12.3. The molecule has 1 aliphatic heterocycles. The summed E-state index contributed by atoms with van der Waals surface area (Å²) in [7, 11) is 7.75. The van der Waals surface area contributed by atoms with Crippen molar-refractivity contribution in [2.45, 2.75) is 19.9 Å². The topological polar surface area (TPSA) is 72.8 Å². The van der Waals surface area contributed by atoms with E-state index in [1.807, 2.05) is 38.0 Å². The zero-order chi connectivity index (χ0) is 19.0. The lowest BCUT2D eigenvalue weighted by molar-refractivity contribution is 0.0730. The number of hydrogen-bond acceptors (Lipinski definition) is 6. The van der Waals surface area contributed by atoms with Crippen LogP contribution in [0, 0.1) is 6.92 Å². The molecule has 1 N–H and O–H groups in total. The van der Waals surface area contributed by atoms with Crippen LogP contribution in [0.4, 0.5) is 11.8 Å². The number of amides is 1. The molecule has 1 amide bonds. The molecule has 0 atom stereocenters. The van der Waals surface area contributed by atoms with Crippen molar-refractivity contribution in [2.24, 2.45) is 0 Å². The Balaban J connectivity index is 1.96. The van der Waals surface area contributed by atoms with E-state index in [9.17, 15) is 9.90 Å². The predicted molar refractivity (Wildman–Crippen MR) is 102 cm³/mol. The maximum atomic E-state index is 13.0. The summed E-state index contributed by atoms with van der Waals surface area (Å²) < 4.78 is 0. The van der Waals surface area contributed by atoms with E-state index in [2.05, 4.69) is 9.97 Å². The average molecular weight is 355 g/mol. The number of aromatic nitrogens is 2. The van der Waals surface area contributed by atoms with Crippen LogP contribution in [0.3, 0.4) is 0 Å². The van der Waals surface area contributed by atoms with Gasteiger partial charge in [-0.1, -0.05) is 6.07 Å². The van der Waals surface area contributed by atoms with Gasteiger partial charge in [-0.25, -0.2) is 4.98 Å². The first-order valence-corrected chi connectivity index (χ1v) is 8.62. The van der Waals surface area contributed by atoms with E-state index in [1.165, 1.54) is 0 Å². The molecule has 1 aromatic heterocycles. The van der Waals surface area contributed by atoms with Crippen molar-refractivity contribution in [1.29, 1.82) is 0 Å². The third-order valence-electron chi connectivity index (χ3n) is 4.68. The van der Waals surface area contributed by atoms with Crippen molar-refractivity contribution in [1.82, 2.24) is 14.9 Å². The molecule has 0 unspecified atom stereocenters. The van der Waals surface area contributed by atoms with Crippen molar-refractivity contribution in [3.05, 3.63) is 40.6 Å². The molecule has 1 aliphatic rings. The van der Waals surface area contributed by atoms with Crippen LogP contribution in [0.5, 0.6) is 5.75 Å². The Bertz CT molecular complexity index is 848. The molecule has 26 heavy (non-hydrogen) atoms. The number of fused-ring (bicyclic) bond motifs is 1. The highest BCUT2D eigenvalue weighted by molar-refractivity contribution is 5.96. The lowest BCUT2D eigenvalue weighted by Crippen LogP contribution is -2.38. The molecule has 138 valence electrons. The minimum atomic E-state index is -0.0829. The normalized spacial score (nSPS) is 13.3. The quantitative estimate of drug-likeness (QED) is 0.905. The highest BCUT2D eigenvalue weighted by atomic mass is 16.3. The number of benzene rings is 1. The molecule has 0 fully saturated rings. The van der Waals surface area contributed by atoms with E-state index in [0.29, 0.717) is 36.6 Å². The minimum absolute atomic E-state index is 0.0829. The number of rotatable bonds is 3. The lowest BCUT2D eigenvalue weighted by atomic mass is 10.0. The first-order valence-electron chi connectivity index (χ1n) is 8.62. The van der Waals surface area contributed by atoms with Crippen molar-refractivity contribution in [3.8, 4) is 5.75 Å². The molecule has 0 saturated carbocycles. The van der Waals surface area contributed by atoms with Gasteiger partial charge in [0.1, 0.15) is 11.6 Å². The van der Waals surface area contributed by atoms with Gasteiger partial charge in [0.25, 0.3) is 5.91 Å². The van der Waals surface area contributed by atoms with Crippen molar-refractivity contribution in [2.75, 3.05) is 44.5 Å². The maximum absolute atomic E-state index is 13.0. The van der Waals surface area contributed by atoms with Crippen LogP contribution in [-0.2, 0) is 13.0 Å². The first kappa shape index (κ1) is 18.0. The molecular weight excluding hydrogens is 330 g/mol. The zero-order valence-corrected chi connectivity index (χ0v) is 15.9. The summed E-state index contributed by atoms with van der Waals surface area (Å²) in [6.45, 7) is 2.80. The van der Waals surface area contributed by atoms with Gasteiger partial charge in [-0.3, -0.25) is 4.79 Å². The Kier molecular flexibility index (Phi) is 4.71. The van der Waals surface area contributed by atoms with Gasteiger partial charge in [-0.2, -0.15) is 4.98 Å². The molecule has 3 rings (SSSR count). The number of phenolic OH excluding ortho intramolecular Hbond substituents is 1. The van der Waals surface area contributed by atoms with E-state index >= 15 is 0 Å². The van der Waals surface area contributed by atoms with Crippen LogP contribution < -0.4 is 9.80 Å². The van der Waals surface area contributed by atoms with Crippen LogP contribution in [0.25, 0.3) is 0 Å². The SMILES string of the molecule is Cc1c(O)cccc1C(=O)N1CCc2c(nc(N(C)C)nc2N(C)C)C1. The third kappa shape index (κ3) is 3.16. The summed E-state index contributed by atoms with van der Waals surface area (Å²) >= 11 is 0. The highest BCUT2D eigenvalue weighted by Gasteiger charge is 2.27. The van der Waals surface area contributed by atoms with Crippen LogP contribution in [-0.4, -0.2) is 60.6 Å². The maximum Gasteiger partial charge on any atom is 0.254 e. The van der Waals surface area contributed by atoms with E-state index in [4.69, 9.17) is 0 Å². The van der Waals surface area contributed by atoms with E-state index in [0.717, 1.165) is 17.1 Å². The molecule has 1 aromatic carbocycles. The molecule has 2 aromatic rings. The predicted octanol–water partition coefficient (Wildman–Crippen LogP) is 1.82. The Morgan fingerprint density at radius 2 is 1.88 bits per heavy atom. The van der Waals surface area contributed by atoms with Gasteiger partial charge >= 0.3 is 0 Å². The van der Waals surface area contributed by atoms with Crippen molar-refractivity contribution < 1.29 is 9.90 Å². The number of anilines is 2. The number of carbonyl (C=O) groups is 1. The molecular formula is C19H25N5O2. The monoisotopic (exact) mass is 355 g/mol. The molecule has 2 heterocycles. The molecule has 0 saturated heterocycles. The van der Waals surface area contributed by atoms with Gasteiger partial charge in [0.05, 0.1) is 12.2 Å². The summed E-state index contributed by atoms with van der Waals surface area (Å²) in [6, 6.07) is 5.05. The van der Waals surface area contributed by atoms with Gasteiger partial charge < -0.3 is 19.8 Å². The second kappa shape index (κ2) is 6.82. The lowest BCUT2D eigenvalue weighted by Gasteiger charge is -2.31. The summed E-state index contributed by atoms with van der Waals surface area (Å²) in [4.78, 5) is 27.9. The third-order valence-corrected chi connectivity index (χ3v) is 4.68. The summed E-state index contributed by atoms with van der Waals surface area (Å²) in [5.74, 6) is 1.59. The standard InChI is InChI=1S/C19H25N5O2/c1-12-13(7-6-8-16(12)25)18(26)24-10-9-14-15(11-24)20-19(23(4)5)21-17(14)22(2)3/h6-8,25H,9-11H2,1-5H3. The van der Waals surface area contributed by atoms with Crippen LogP contribution >= 0.6 is 0 Å². The summed E-state index contributed by atoms with van der Waals surface area (Å²) in [6.07, 6.45) is 0.708. The fourth-order valence-corrected chi connectivity index (χ4v) is 3.17. The number of phenols is 1. The fraction of sp³-hybridized carbons (Fsp3) is 0.421. The smallest absolute Gasteiger partial charge is 0.254 e. The minimum Gasteiger partial charge on any atom is -0.508 e. The molecule has 0 aliphatic carbocycles. The molecule has 0 bridgehead atoms. The molecule has 7 nitrogen and oxygen atoms in total. The number of hydrogen-bond donors (Lipinski definition) is 1. The Labute approximate surface area is 153 Å². The Hall–Kier alpha value is -2.83. The second-order valence-electron chi connectivity index (χ2n) is 6.99. The highest BCUT2D eigenvalue weighted by Crippen LogP contribution is 2.29. The van der Waals surface area contributed by atoms with Gasteiger partial charge in [0, 0.05) is 51.4 Å². The van der Waals surface area contributed by atoms with Crippen LogP contribution in [0.15, 0.2) is 18.2 Å². The number of aromatic hydroxyl groups is 1. The Morgan fingerprint density at radius 1 is 1.15 bits per heavy atom. The van der Waals surface area contributed by atoms with Crippen LogP contribution in [0.2, 0.25) is 0 Å². The van der Waals surface area contributed by atoms with E-state index in [1.54, 1.807) is 30.0 Å². The zero-order valence-electron chi connectivity index (χ0n) is 15.9. The van der Waals surface area contributed by atoms with E-state index < -0.39 is 0 Å². The van der Waals surface area contributed by atoms with E-state index in [-0.39, 0.29) is 11.7 Å². The second-order valence-corrected chi connectivity index (χ2v) is 6.99. The largest absolute Gasteiger partial charge is 0.508 e. The van der Waals surface area contributed by atoms with Gasteiger partial charge in [-0.05, 0) is 25.5 Å². The fourth-order valence-electron chi connectivity index (χ4n) is 3.17. The molecule has 7 heteroatoms.